The van der Waals surface area contributed by atoms with Crippen molar-refractivity contribution in [2.75, 3.05) is 0 Å². The van der Waals surface area contributed by atoms with Crippen molar-refractivity contribution in [1.82, 2.24) is 0 Å². The lowest BCUT2D eigenvalue weighted by Crippen LogP contribution is -2.39. The maximum atomic E-state index is 11.7. The van der Waals surface area contributed by atoms with Crippen LogP contribution < -0.4 is 0 Å². The maximum Gasteiger partial charge on any atom is 0.350 e. The molecule has 0 saturated carbocycles. The van der Waals surface area contributed by atoms with Gasteiger partial charge in [-0.05, 0) is 33.6 Å². The van der Waals surface area contributed by atoms with Crippen LogP contribution >= 0.6 is 0 Å². The average molecular weight is 242 g/mol. The van der Waals surface area contributed by atoms with Crippen molar-refractivity contribution in [2.24, 2.45) is 0 Å². The molecule has 0 radical (unpaired) electrons. The van der Waals surface area contributed by atoms with Crippen LogP contribution in [0.1, 0.15) is 47.5 Å². The molecule has 0 N–H and O–H groups in total. The number of carbonyl (C=O) groups is 2. The topological polar surface area (TPSA) is 52.6 Å². The van der Waals surface area contributed by atoms with Crippen molar-refractivity contribution >= 4 is 11.9 Å². The van der Waals surface area contributed by atoms with E-state index in [1.807, 2.05) is 13.8 Å². The molecular weight excluding hydrogens is 220 g/mol. The van der Waals surface area contributed by atoms with Crippen LogP contribution in [0.15, 0.2) is 12.2 Å². The van der Waals surface area contributed by atoms with Crippen molar-refractivity contribution in [3.05, 3.63) is 12.2 Å². The SMILES string of the molecule is CCC=CC(=O)OC(C)(C)C(=O)OC(C)CC. The highest BCUT2D eigenvalue weighted by atomic mass is 16.6. The third kappa shape index (κ3) is 6.09. The van der Waals surface area contributed by atoms with Crippen LogP contribution in [0, 0.1) is 0 Å². The second kappa shape index (κ2) is 7.09. The van der Waals surface area contributed by atoms with Crippen molar-refractivity contribution in [3.8, 4) is 0 Å². The molecule has 0 saturated heterocycles. The maximum absolute atomic E-state index is 11.7. The van der Waals surface area contributed by atoms with Gasteiger partial charge >= 0.3 is 11.9 Å². The Balaban J connectivity index is 4.40. The largest absolute Gasteiger partial charge is 0.460 e. The van der Waals surface area contributed by atoms with Gasteiger partial charge in [-0.1, -0.05) is 19.9 Å². The van der Waals surface area contributed by atoms with Crippen LogP contribution in [0.5, 0.6) is 0 Å². The van der Waals surface area contributed by atoms with E-state index < -0.39 is 17.5 Å². The first-order valence-electron chi connectivity index (χ1n) is 5.94. The lowest BCUT2D eigenvalue weighted by Gasteiger charge is -2.24. The van der Waals surface area contributed by atoms with Crippen LogP contribution in [0.2, 0.25) is 0 Å². The molecule has 0 aromatic rings. The number of esters is 2. The van der Waals surface area contributed by atoms with Gasteiger partial charge in [0.15, 0.2) is 0 Å². The molecule has 0 rings (SSSR count). The summed E-state index contributed by atoms with van der Waals surface area (Å²) in [7, 11) is 0. The van der Waals surface area contributed by atoms with E-state index in [-0.39, 0.29) is 6.10 Å². The second-order valence-corrected chi connectivity index (χ2v) is 4.37. The number of allylic oxidation sites excluding steroid dienone is 1. The van der Waals surface area contributed by atoms with Gasteiger partial charge in [0.25, 0.3) is 0 Å². The standard InChI is InChI=1S/C13H22O4/c1-6-8-9-11(14)17-13(4,5)12(15)16-10(3)7-2/h8-10H,6-7H2,1-5H3. The number of rotatable bonds is 6. The highest BCUT2D eigenvalue weighted by Gasteiger charge is 2.34. The zero-order valence-corrected chi connectivity index (χ0v) is 11.3. The first-order chi connectivity index (χ1) is 7.83. The molecule has 0 aromatic carbocycles. The summed E-state index contributed by atoms with van der Waals surface area (Å²) in [5, 5.41) is 0. The lowest BCUT2D eigenvalue weighted by molar-refractivity contribution is -0.179. The molecule has 1 atom stereocenters. The summed E-state index contributed by atoms with van der Waals surface area (Å²) < 4.78 is 10.2. The molecule has 1 unspecified atom stereocenters. The van der Waals surface area contributed by atoms with Gasteiger partial charge in [0, 0.05) is 6.08 Å². The molecule has 98 valence electrons. The van der Waals surface area contributed by atoms with Crippen molar-refractivity contribution < 1.29 is 19.1 Å². The van der Waals surface area contributed by atoms with E-state index in [1.54, 1.807) is 13.0 Å². The molecule has 4 heteroatoms. The normalized spacial score (nSPS) is 13.5. The monoisotopic (exact) mass is 242 g/mol. The van der Waals surface area contributed by atoms with Crippen LogP contribution in [0.25, 0.3) is 0 Å². The summed E-state index contributed by atoms with van der Waals surface area (Å²) in [5.41, 5.74) is -1.25. The Morgan fingerprint density at radius 2 is 1.88 bits per heavy atom. The summed E-state index contributed by atoms with van der Waals surface area (Å²) in [6.45, 7) is 8.67. The zero-order valence-electron chi connectivity index (χ0n) is 11.3. The summed E-state index contributed by atoms with van der Waals surface area (Å²) in [6.07, 6.45) is 4.29. The van der Waals surface area contributed by atoms with Crippen LogP contribution in [-0.2, 0) is 19.1 Å². The van der Waals surface area contributed by atoms with E-state index in [1.165, 1.54) is 19.9 Å². The summed E-state index contributed by atoms with van der Waals surface area (Å²) in [4.78, 5) is 23.1. The smallest absolute Gasteiger partial charge is 0.350 e. The minimum Gasteiger partial charge on any atom is -0.460 e. The fourth-order valence-corrected chi connectivity index (χ4v) is 0.949. The van der Waals surface area contributed by atoms with Crippen molar-refractivity contribution in [3.63, 3.8) is 0 Å². The van der Waals surface area contributed by atoms with Crippen molar-refractivity contribution in [1.29, 1.82) is 0 Å². The third-order valence-electron chi connectivity index (χ3n) is 2.22. The van der Waals surface area contributed by atoms with Gasteiger partial charge in [-0.15, -0.1) is 0 Å². The second-order valence-electron chi connectivity index (χ2n) is 4.37. The lowest BCUT2D eigenvalue weighted by atomic mass is 10.1. The molecule has 0 heterocycles. The summed E-state index contributed by atoms with van der Waals surface area (Å²) in [5.74, 6) is -1.05. The Bertz CT molecular complexity index is 292. The summed E-state index contributed by atoms with van der Waals surface area (Å²) >= 11 is 0. The molecular formula is C13H22O4. The first kappa shape index (κ1) is 15.7. The Labute approximate surface area is 103 Å². The van der Waals surface area contributed by atoms with E-state index in [2.05, 4.69) is 0 Å². The Morgan fingerprint density at radius 1 is 1.29 bits per heavy atom. The molecule has 0 aliphatic carbocycles. The first-order valence-corrected chi connectivity index (χ1v) is 5.94. The van der Waals surface area contributed by atoms with Crippen LogP contribution in [0.4, 0.5) is 0 Å². The van der Waals surface area contributed by atoms with Crippen LogP contribution in [0.3, 0.4) is 0 Å². The van der Waals surface area contributed by atoms with Gasteiger partial charge in [0.05, 0.1) is 6.10 Å². The van der Waals surface area contributed by atoms with E-state index in [4.69, 9.17) is 9.47 Å². The number of hydrogen-bond acceptors (Lipinski definition) is 4. The Morgan fingerprint density at radius 3 is 2.35 bits per heavy atom. The summed E-state index contributed by atoms with van der Waals surface area (Å²) in [6, 6.07) is 0. The number of hydrogen-bond donors (Lipinski definition) is 0. The Kier molecular flexibility index (Phi) is 6.54. The van der Waals surface area contributed by atoms with Gasteiger partial charge in [-0.25, -0.2) is 9.59 Å². The molecule has 17 heavy (non-hydrogen) atoms. The van der Waals surface area contributed by atoms with E-state index in [0.717, 1.165) is 12.8 Å². The van der Waals surface area contributed by atoms with Crippen LogP contribution in [-0.4, -0.2) is 23.6 Å². The molecule has 0 amide bonds. The molecule has 0 aliphatic rings. The van der Waals surface area contributed by atoms with Gasteiger partial charge in [-0.2, -0.15) is 0 Å². The molecule has 0 bridgehead atoms. The molecule has 0 fully saturated rings. The van der Waals surface area contributed by atoms with Gasteiger partial charge in [0.2, 0.25) is 5.60 Å². The quantitative estimate of drug-likeness (QED) is 0.530. The van der Waals surface area contributed by atoms with E-state index in [9.17, 15) is 9.59 Å². The molecule has 4 nitrogen and oxygen atoms in total. The van der Waals surface area contributed by atoms with E-state index >= 15 is 0 Å². The van der Waals surface area contributed by atoms with Gasteiger partial charge < -0.3 is 9.47 Å². The van der Waals surface area contributed by atoms with Gasteiger partial charge in [-0.3, -0.25) is 0 Å². The fourth-order valence-electron chi connectivity index (χ4n) is 0.949. The number of carbonyl (C=O) groups excluding carboxylic acids is 2. The fraction of sp³-hybridized carbons (Fsp3) is 0.692. The minimum absolute atomic E-state index is 0.174. The minimum atomic E-state index is -1.25. The molecule has 0 aliphatic heterocycles. The predicted molar refractivity (Wildman–Crippen MR) is 65.4 cm³/mol. The molecule has 0 aromatic heterocycles. The third-order valence-corrected chi connectivity index (χ3v) is 2.22. The van der Waals surface area contributed by atoms with Gasteiger partial charge in [0.1, 0.15) is 0 Å². The highest BCUT2D eigenvalue weighted by molar-refractivity contribution is 5.87. The zero-order chi connectivity index (χ0) is 13.5. The molecule has 0 spiro atoms. The highest BCUT2D eigenvalue weighted by Crippen LogP contribution is 2.14. The van der Waals surface area contributed by atoms with E-state index in [0.29, 0.717) is 0 Å². The van der Waals surface area contributed by atoms with Crippen molar-refractivity contribution in [2.45, 2.75) is 59.2 Å². The number of ether oxygens (including phenoxy) is 2. The predicted octanol–water partition coefficient (Wildman–Crippen LogP) is 2.62. The average Bonchev–Trinajstić information content (AvgIpc) is 2.25. The Hall–Kier alpha value is -1.32.